The van der Waals surface area contributed by atoms with Crippen LogP contribution in [0.15, 0.2) is 24.3 Å². The van der Waals surface area contributed by atoms with Gasteiger partial charge in [-0.05, 0) is 12.5 Å². The van der Waals surface area contributed by atoms with Gasteiger partial charge in [-0.2, -0.15) is 0 Å². The molecule has 1 rings (SSSR count). The number of ketones is 1. The van der Waals surface area contributed by atoms with Crippen LogP contribution in [0.4, 0.5) is 0 Å². The fourth-order valence-electron chi connectivity index (χ4n) is 1.28. The van der Waals surface area contributed by atoms with E-state index in [0.717, 1.165) is 5.56 Å². The van der Waals surface area contributed by atoms with Crippen LogP contribution in [0.2, 0.25) is 0 Å². The van der Waals surface area contributed by atoms with E-state index in [1.165, 1.54) is 0 Å². The lowest BCUT2D eigenvalue weighted by Crippen LogP contribution is -2.32. The average molecular weight is 244 g/mol. The molecule has 0 radical (unpaired) electrons. The van der Waals surface area contributed by atoms with Crippen molar-refractivity contribution < 1.29 is 14.7 Å². The number of Topliss-reactive ketones (excluding diaryl/α,β-unsaturated/α-hetero) is 1. The number of halogens is 1. The Bertz CT molecular complexity index is 393. The molecule has 0 aromatic heterocycles. The van der Waals surface area contributed by atoms with Crippen LogP contribution in [-0.4, -0.2) is 22.9 Å². The highest BCUT2D eigenvalue weighted by atomic mass is 35.5. The van der Waals surface area contributed by atoms with E-state index >= 15 is 0 Å². The molecule has 0 amide bonds. The molecule has 0 spiro atoms. The predicted molar refractivity (Wildman–Crippen MR) is 63.0 cm³/mol. The quantitative estimate of drug-likeness (QED) is 0.784. The molecule has 0 saturated heterocycles. The summed E-state index contributed by atoms with van der Waals surface area (Å²) in [5.74, 6) is -1.39. The first-order valence-electron chi connectivity index (χ1n) is 4.59. The molecule has 3 N–H and O–H groups in total. The van der Waals surface area contributed by atoms with Gasteiger partial charge in [-0.1, -0.05) is 24.3 Å². The van der Waals surface area contributed by atoms with Crippen LogP contribution >= 0.6 is 12.4 Å². The fourth-order valence-corrected chi connectivity index (χ4v) is 1.28. The summed E-state index contributed by atoms with van der Waals surface area (Å²) in [6.07, 6.45) is -0.166. The molecule has 0 aliphatic carbocycles. The highest BCUT2D eigenvalue weighted by molar-refractivity contribution is 5.99. The van der Waals surface area contributed by atoms with Gasteiger partial charge in [0.1, 0.15) is 6.04 Å². The van der Waals surface area contributed by atoms with Gasteiger partial charge < -0.3 is 10.8 Å². The summed E-state index contributed by atoms with van der Waals surface area (Å²) >= 11 is 0. The Labute approximate surface area is 99.9 Å². The second-order valence-electron chi connectivity index (χ2n) is 3.39. The maximum Gasteiger partial charge on any atom is 0.320 e. The van der Waals surface area contributed by atoms with Crippen molar-refractivity contribution in [2.75, 3.05) is 0 Å². The minimum absolute atomic E-state index is 0. The van der Waals surface area contributed by atoms with Gasteiger partial charge in [-0.25, -0.2) is 0 Å². The largest absolute Gasteiger partial charge is 0.480 e. The normalized spacial score (nSPS) is 11.4. The number of hydrogen-bond donors (Lipinski definition) is 2. The molecule has 1 unspecified atom stereocenters. The van der Waals surface area contributed by atoms with E-state index in [1.807, 2.05) is 6.07 Å². The number of rotatable bonds is 4. The molecule has 1 aromatic rings. The summed E-state index contributed by atoms with van der Waals surface area (Å²) in [5.41, 5.74) is 6.65. The number of aryl methyl sites for hydroxylation is 1. The SMILES string of the molecule is Cc1ccccc1C(=O)CC(N)C(=O)O.Cl. The van der Waals surface area contributed by atoms with E-state index < -0.39 is 12.0 Å². The van der Waals surface area contributed by atoms with Gasteiger partial charge in [-0.15, -0.1) is 12.4 Å². The Morgan fingerprint density at radius 3 is 2.44 bits per heavy atom. The van der Waals surface area contributed by atoms with Gasteiger partial charge >= 0.3 is 5.97 Å². The van der Waals surface area contributed by atoms with E-state index in [9.17, 15) is 9.59 Å². The Morgan fingerprint density at radius 1 is 1.38 bits per heavy atom. The molecule has 88 valence electrons. The Morgan fingerprint density at radius 2 is 1.94 bits per heavy atom. The summed E-state index contributed by atoms with van der Waals surface area (Å²) in [7, 11) is 0. The summed E-state index contributed by atoms with van der Waals surface area (Å²) in [6, 6.07) is 5.92. The second kappa shape index (κ2) is 6.25. The summed E-state index contributed by atoms with van der Waals surface area (Å²) < 4.78 is 0. The van der Waals surface area contributed by atoms with Crippen molar-refractivity contribution in [2.24, 2.45) is 5.73 Å². The minimum Gasteiger partial charge on any atom is -0.480 e. The topological polar surface area (TPSA) is 80.4 Å². The van der Waals surface area contributed by atoms with Gasteiger partial charge in [0.25, 0.3) is 0 Å². The van der Waals surface area contributed by atoms with Crippen LogP contribution in [0.5, 0.6) is 0 Å². The number of carbonyl (C=O) groups excluding carboxylic acids is 1. The molecule has 0 aliphatic heterocycles. The van der Waals surface area contributed by atoms with Crippen molar-refractivity contribution in [1.29, 1.82) is 0 Å². The first-order chi connectivity index (χ1) is 7.02. The molecule has 0 bridgehead atoms. The fraction of sp³-hybridized carbons (Fsp3) is 0.273. The zero-order valence-corrected chi connectivity index (χ0v) is 9.66. The van der Waals surface area contributed by atoms with Crippen LogP contribution in [0.3, 0.4) is 0 Å². The van der Waals surface area contributed by atoms with Crippen molar-refractivity contribution >= 4 is 24.2 Å². The van der Waals surface area contributed by atoms with Crippen LogP contribution in [0, 0.1) is 6.92 Å². The van der Waals surface area contributed by atoms with Gasteiger partial charge in [0, 0.05) is 12.0 Å². The highest BCUT2D eigenvalue weighted by Crippen LogP contribution is 2.10. The maximum atomic E-state index is 11.6. The van der Waals surface area contributed by atoms with Gasteiger partial charge in [0.05, 0.1) is 0 Å². The molecule has 16 heavy (non-hydrogen) atoms. The molecule has 1 aromatic carbocycles. The van der Waals surface area contributed by atoms with Crippen LogP contribution in [0.25, 0.3) is 0 Å². The molecule has 0 aliphatic rings. The van der Waals surface area contributed by atoms with Crippen molar-refractivity contribution in [3.8, 4) is 0 Å². The molecule has 1 atom stereocenters. The number of nitrogens with two attached hydrogens (primary N) is 1. The first kappa shape index (κ1) is 14.6. The third-order valence-electron chi connectivity index (χ3n) is 2.17. The van der Waals surface area contributed by atoms with E-state index in [0.29, 0.717) is 5.56 Å². The van der Waals surface area contributed by atoms with E-state index in [4.69, 9.17) is 10.8 Å². The van der Waals surface area contributed by atoms with Gasteiger partial charge in [-0.3, -0.25) is 9.59 Å². The molecule has 5 heteroatoms. The lowest BCUT2D eigenvalue weighted by atomic mass is 10.00. The predicted octanol–water partition coefficient (Wildman–Crippen LogP) is 1.40. The Hall–Kier alpha value is -1.39. The van der Waals surface area contributed by atoms with E-state index in [1.54, 1.807) is 25.1 Å². The standard InChI is InChI=1S/C11H13NO3.ClH/c1-7-4-2-3-5-8(7)10(13)6-9(12)11(14)15;/h2-5,9H,6,12H2,1H3,(H,14,15);1H. The highest BCUT2D eigenvalue weighted by Gasteiger charge is 2.18. The van der Waals surface area contributed by atoms with Crippen LogP contribution in [-0.2, 0) is 4.79 Å². The molecular formula is C11H14ClNO3. The number of carboxylic acid groups (broad SMARTS) is 1. The third kappa shape index (κ3) is 3.64. The number of carboxylic acids is 1. The zero-order chi connectivity index (χ0) is 11.4. The van der Waals surface area contributed by atoms with Crippen LogP contribution in [0.1, 0.15) is 22.3 Å². The Kier molecular flexibility index (Phi) is 5.71. The van der Waals surface area contributed by atoms with E-state index in [2.05, 4.69) is 0 Å². The monoisotopic (exact) mass is 243 g/mol. The zero-order valence-electron chi connectivity index (χ0n) is 8.84. The molecular weight excluding hydrogens is 230 g/mol. The summed E-state index contributed by atoms with van der Waals surface area (Å²) in [4.78, 5) is 22.1. The van der Waals surface area contributed by atoms with Crippen molar-refractivity contribution in [3.05, 3.63) is 35.4 Å². The van der Waals surface area contributed by atoms with E-state index in [-0.39, 0.29) is 24.6 Å². The summed E-state index contributed by atoms with van der Waals surface area (Å²) in [5, 5.41) is 8.57. The maximum absolute atomic E-state index is 11.6. The lowest BCUT2D eigenvalue weighted by molar-refractivity contribution is -0.138. The molecule has 0 saturated carbocycles. The van der Waals surface area contributed by atoms with Crippen molar-refractivity contribution in [1.82, 2.24) is 0 Å². The summed E-state index contributed by atoms with van der Waals surface area (Å²) in [6.45, 7) is 1.81. The first-order valence-corrected chi connectivity index (χ1v) is 4.59. The molecule has 0 fully saturated rings. The third-order valence-corrected chi connectivity index (χ3v) is 2.17. The van der Waals surface area contributed by atoms with Crippen molar-refractivity contribution in [3.63, 3.8) is 0 Å². The lowest BCUT2D eigenvalue weighted by Gasteiger charge is -2.07. The Balaban J connectivity index is 0.00000225. The van der Waals surface area contributed by atoms with Crippen LogP contribution < -0.4 is 5.73 Å². The average Bonchev–Trinajstić information content (AvgIpc) is 2.18. The number of hydrogen-bond acceptors (Lipinski definition) is 3. The smallest absolute Gasteiger partial charge is 0.320 e. The number of carbonyl (C=O) groups is 2. The number of benzene rings is 1. The molecule has 0 heterocycles. The molecule has 4 nitrogen and oxygen atoms in total. The van der Waals surface area contributed by atoms with Crippen molar-refractivity contribution in [2.45, 2.75) is 19.4 Å². The van der Waals surface area contributed by atoms with Gasteiger partial charge in [0.2, 0.25) is 0 Å². The van der Waals surface area contributed by atoms with Gasteiger partial charge in [0.15, 0.2) is 5.78 Å². The number of aliphatic carboxylic acids is 1. The minimum atomic E-state index is -1.16. The second-order valence-corrected chi connectivity index (χ2v) is 3.39.